The molecular formula is C23H30O5P2. The van der Waals surface area contributed by atoms with Gasteiger partial charge in [0.15, 0.2) is 0 Å². The minimum Gasteiger partial charge on any atom is -0.439 e. The Kier molecular flexibility index (Phi) is 5.35. The van der Waals surface area contributed by atoms with Crippen LogP contribution in [0.15, 0.2) is 42.5 Å². The summed E-state index contributed by atoms with van der Waals surface area (Å²) >= 11 is 0. The molecule has 0 amide bonds. The fourth-order valence-electron chi connectivity index (χ4n) is 4.03. The molecule has 2 aliphatic heterocycles. The molecule has 4 rings (SSSR count). The third kappa shape index (κ3) is 3.50. The van der Waals surface area contributed by atoms with Crippen LogP contribution >= 0.6 is 15.0 Å². The van der Waals surface area contributed by atoms with Gasteiger partial charge in [0.05, 0.1) is 28.8 Å². The molecule has 30 heavy (non-hydrogen) atoms. The van der Waals surface area contributed by atoms with Crippen molar-refractivity contribution in [3.05, 3.63) is 48.0 Å². The first-order valence-electron chi connectivity index (χ1n) is 10.4. The van der Waals surface area contributed by atoms with Gasteiger partial charge in [0, 0.05) is 5.56 Å². The number of benzene rings is 2. The van der Waals surface area contributed by atoms with Gasteiger partial charge in [-0.1, -0.05) is 24.3 Å². The van der Waals surface area contributed by atoms with Crippen molar-refractivity contribution in [3.63, 3.8) is 0 Å². The standard InChI is InChI=1S/C23H30O5P2/c1-22(2,3)29(24)21-10-7-6-9-18(21)19-15-17(11-12-20(19)28-29)16-23(4,5)30(25)26-13-8-14-27-30/h6-7,9-12,15H,8,13-14,16H2,1-5H3. The average molecular weight is 448 g/mol. The van der Waals surface area contributed by atoms with Gasteiger partial charge in [-0.2, -0.15) is 0 Å². The van der Waals surface area contributed by atoms with Gasteiger partial charge in [-0.3, -0.25) is 9.13 Å². The van der Waals surface area contributed by atoms with E-state index in [1.165, 1.54) is 0 Å². The van der Waals surface area contributed by atoms with E-state index in [0.717, 1.165) is 28.4 Å². The Balaban J connectivity index is 1.74. The molecule has 2 heterocycles. The second-order valence-electron chi connectivity index (χ2n) is 9.67. The van der Waals surface area contributed by atoms with Crippen molar-refractivity contribution in [1.82, 2.24) is 0 Å². The first-order valence-corrected chi connectivity index (χ1v) is 13.6. The molecule has 1 fully saturated rings. The Morgan fingerprint density at radius 1 is 0.900 bits per heavy atom. The van der Waals surface area contributed by atoms with E-state index >= 15 is 0 Å². The zero-order valence-electron chi connectivity index (χ0n) is 18.3. The molecule has 0 aliphatic carbocycles. The molecule has 0 radical (unpaired) electrons. The van der Waals surface area contributed by atoms with Gasteiger partial charge in [0.2, 0.25) is 0 Å². The van der Waals surface area contributed by atoms with Crippen LogP contribution in [0.25, 0.3) is 11.1 Å². The van der Waals surface area contributed by atoms with Gasteiger partial charge in [-0.05, 0) is 76.8 Å². The SMILES string of the molecule is CC(C)(Cc1ccc2c(c1)-c1ccccc1P(=O)(C(C)(C)C)O2)P1(=O)OCCCO1. The topological polar surface area (TPSA) is 61.8 Å². The third-order valence-corrected chi connectivity index (χ3v) is 11.8. The van der Waals surface area contributed by atoms with E-state index in [1.54, 1.807) is 0 Å². The largest absolute Gasteiger partial charge is 0.439 e. The van der Waals surface area contributed by atoms with E-state index in [-0.39, 0.29) is 0 Å². The Bertz CT molecular complexity index is 1060. The second-order valence-corrected chi connectivity index (χ2v) is 15.5. The van der Waals surface area contributed by atoms with Crippen molar-refractivity contribution in [3.8, 4) is 16.9 Å². The van der Waals surface area contributed by atoms with E-state index in [1.807, 2.05) is 71.0 Å². The molecule has 0 N–H and O–H groups in total. The molecule has 1 unspecified atom stereocenters. The molecule has 7 heteroatoms. The molecule has 162 valence electrons. The molecule has 0 saturated carbocycles. The normalized spacial score (nSPS) is 23.2. The predicted octanol–water partition coefficient (Wildman–Crippen LogP) is 6.40. The fourth-order valence-corrected chi connectivity index (χ4v) is 8.25. The Hall–Kier alpha value is -1.38. The summed E-state index contributed by atoms with van der Waals surface area (Å²) < 4.78 is 44.5. The van der Waals surface area contributed by atoms with Crippen LogP contribution in [0.2, 0.25) is 0 Å². The van der Waals surface area contributed by atoms with Crippen LogP contribution in [-0.4, -0.2) is 23.5 Å². The Morgan fingerprint density at radius 3 is 2.23 bits per heavy atom. The Labute approximate surface area is 179 Å². The van der Waals surface area contributed by atoms with Crippen molar-refractivity contribution in [1.29, 1.82) is 0 Å². The lowest BCUT2D eigenvalue weighted by molar-refractivity contribution is 0.132. The predicted molar refractivity (Wildman–Crippen MR) is 121 cm³/mol. The van der Waals surface area contributed by atoms with Crippen molar-refractivity contribution in [2.24, 2.45) is 0 Å². The molecular weight excluding hydrogens is 418 g/mol. The molecule has 5 nitrogen and oxygen atoms in total. The molecule has 2 aliphatic rings. The molecule has 0 aromatic heterocycles. The van der Waals surface area contributed by atoms with Crippen LogP contribution in [0.5, 0.6) is 5.75 Å². The van der Waals surface area contributed by atoms with Gasteiger partial charge in [0.25, 0.3) is 7.37 Å². The fraction of sp³-hybridized carbons (Fsp3) is 0.478. The maximum atomic E-state index is 13.9. The molecule has 1 atom stereocenters. The highest BCUT2D eigenvalue weighted by molar-refractivity contribution is 7.69. The lowest BCUT2D eigenvalue weighted by Crippen LogP contribution is -2.30. The molecule has 0 spiro atoms. The summed E-state index contributed by atoms with van der Waals surface area (Å²) in [5.74, 6) is 0.630. The second kappa shape index (κ2) is 7.35. The number of rotatable bonds is 3. The van der Waals surface area contributed by atoms with Crippen LogP contribution in [0, 0.1) is 0 Å². The quantitative estimate of drug-likeness (QED) is 0.509. The van der Waals surface area contributed by atoms with E-state index in [2.05, 4.69) is 6.07 Å². The van der Waals surface area contributed by atoms with Gasteiger partial charge >= 0.3 is 7.60 Å². The van der Waals surface area contributed by atoms with Crippen LogP contribution < -0.4 is 9.83 Å². The highest BCUT2D eigenvalue weighted by Gasteiger charge is 2.47. The van der Waals surface area contributed by atoms with Crippen LogP contribution in [-0.2, 0) is 24.6 Å². The summed E-state index contributed by atoms with van der Waals surface area (Å²) in [6.45, 7) is 10.6. The average Bonchev–Trinajstić information content (AvgIpc) is 2.68. The van der Waals surface area contributed by atoms with Crippen LogP contribution in [0.3, 0.4) is 0 Å². The van der Waals surface area contributed by atoms with Crippen molar-refractivity contribution in [2.45, 2.75) is 57.8 Å². The maximum Gasteiger partial charge on any atom is 0.336 e. The summed E-state index contributed by atoms with van der Waals surface area (Å²) in [7, 11) is -6.29. The monoisotopic (exact) mass is 448 g/mol. The zero-order chi connectivity index (χ0) is 21.8. The van der Waals surface area contributed by atoms with Crippen LogP contribution in [0.4, 0.5) is 0 Å². The molecule has 1 saturated heterocycles. The van der Waals surface area contributed by atoms with Crippen molar-refractivity contribution in [2.75, 3.05) is 13.2 Å². The lowest BCUT2D eigenvalue weighted by Gasteiger charge is -2.37. The number of fused-ring (bicyclic) bond motifs is 3. The van der Waals surface area contributed by atoms with Gasteiger partial charge in [0.1, 0.15) is 5.75 Å². The maximum absolute atomic E-state index is 13.9. The summed E-state index contributed by atoms with van der Waals surface area (Å²) in [6, 6.07) is 13.7. The zero-order valence-corrected chi connectivity index (χ0v) is 20.1. The summed E-state index contributed by atoms with van der Waals surface area (Å²) in [5, 5.41) is -0.415. The highest BCUT2D eigenvalue weighted by Crippen LogP contribution is 2.64. The number of hydrogen-bond acceptors (Lipinski definition) is 5. The van der Waals surface area contributed by atoms with Gasteiger partial charge < -0.3 is 13.6 Å². The van der Waals surface area contributed by atoms with E-state index in [9.17, 15) is 9.13 Å². The Morgan fingerprint density at radius 2 is 1.57 bits per heavy atom. The van der Waals surface area contributed by atoms with Crippen LogP contribution in [0.1, 0.15) is 46.6 Å². The first-order chi connectivity index (χ1) is 14.0. The van der Waals surface area contributed by atoms with E-state index in [0.29, 0.717) is 25.4 Å². The molecule has 0 bridgehead atoms. The number of hydrogen-bond donors (Lipinski definition) is 0. The first kappa shape index (κ1) is 21.8. The summed E-state index contributed by atoms with van der Waals surface area (Å²) in [4.78, 5) is 0. The minimum atomic E-state index is -3.19. The molecule has 2 aromatic carbocycles. The summed E-state index contributed by atoms with van der Waals surface area (Å²) in [6.07, 6.45) is 1.30. The van der Waals surface area contributed by atoms with Gasteiger partial charge in [-0.15, -0.1) is 0 Å². The minimum absolute atomic E-state index is 0.466. The van der Waals surface area contributed by atoms with E-state index in [4.69, 9.17) is 13.6 Å². The molecule has 2 aromatic rings. The summed E-state index contributed by atoms with van der Waals surface area (Å²) in [5.41, 5.74) is 2.87. The van der Waals surface area contributed by atoms with Crippen molar-refractivity contribution >= 4 is 20.3 Å². The smallest absolute Gasteiger partial charge is 0.336 e. The van der Waals surface area contributed by atoms with E-state index < -0.39 is 25.3 Å². The lowest BCUT2D eigenvalue weighted by atomic mass is 9.96. The highest BCUT2D eigenvalue weighted by atomic mass is 31.2. The van der Waals surface area contributed by atoms with Crippen molar-refractivity contribution < 1.29 is 22.7 Å². The van der Waals surface area contributed by atoms with Gasteiger partial charge in [-0.25, -0.2) is 0 Å². The third-order valence-electron chi connectivity index (χ3n) is 5.85.